The number of carbonyl (C=O) groups is 3. The van der Waals surface area contributed by atoms with Gasteiger partial charge in [-0.25, -0.2) is 18.3 Å². The van der Waals surface area contributed by atoms with Gasteiger partial charge in [0.05, 0.1) is 6.20 Å². The van der Waals surface area contributed by atoms with E-state index in [0.29, 0.717) is 0 Å². The van der Waals surface area contributed by atoms with Gasteiger partial charge in [-0.15, -0.1) is 18.3 Å². The van der Waals surface area contributed by atoms with E-state index < -0.39 is 60.9 Å². The number of aliphatic carboxylic acids is 1. The summed E-state index contributed by atoms with van der Waals surface area (Å²) < 4.78 is 71.5. The van der Waals surface area contributed by atoms with Crippen molar-refractivity contribution in [3.05, 3.63) is 70.4 Å². The summed E-state index contributed by atoms with van der Waals surface area (Å²) in [6, 6.07) is 6.92. The van der Waals surface area contributed by atoms with Gasteiger partial charge >= 0.3 is 37.1 Å². The molecule has 2 amide bonds. The number of aromatic nitrogens is 4. The van der Waals surface area contributed by atoms with Crippen molar-refractivity contribution in [1.29, 1.82) is 0 Å². The molecule has 0 bridgehead atoms. The third-order valence-corrected chi connectivity index (χ3v) is 4.92. The number of halogens is 5. The van der Waals surface area contributed by atoms with Gasteiger partial charge in [-0.2, -0.15) is 0 Å². The molecule has 2 aromatic heterocycles. The van der Waals surface area contributed by atoms with Gasteiger partial charge in [0.1, 0.15) is 12.3 Å². The molecular formula is C22H20F5LiN6O6. The fourth-order valence-electron chi connectivity index (χ4n) is 3.16. The first kappa shape index (κ1) is 32.0. The number of hydrogen-bond acceptors (Lipinski definition) is 7. The van der Waals surface area contributed by atoms with E-state index in [1.54, 1.807) is 0 Å². The summed E-state index contributed by atoms with van der Waals surface area (Å²) in [7, 11) is 0. The van der Waals surface area contributed by atoms with E-state index in [1.165, 1.54) is 18.2 Å². The predicted molar refractivity (Wildman–Crippen MR) is 128 cm³/mol. The Morgan fingerprint density at radius 3 is 2.45 bits per heavy atom. The first-order valence-corrected chi connectivity index (χ1v) is 10.9. The van der Waals surface area contributed by atoms with E-state index in [9.17, 15) is 41.1 Å². The number of nitrogens with zero attached hydrogens (tertiary/aromatic N) is 4. The Bertz CT molecular complexity index is 1430. The number of carboxylic acids is 1. The number of benzene rings is 1. The summed E-state index contributed by atoms with van der Waals surface area (Å²) in [6.07, 6.45) is -3.63. The number of rotatable bonds is 10. The van der Waals surface area contributed by atoms with Crippen LogP contribution in [0, 0.1) is 0 Å². The maximum atomic E-state index is 14.5. The van der Waals surface area contributed by atoms with Gasteiger partial charge in [-0.05, 0) is 23.8 Å². The predicted octanol–water partition coefficient (Wildman–Crippen LogP) is 1.37. The molecule has 0 fully saturated rings. The number of anilines is 1. The molecule has 0 aliphatic rings. The third kappa shape index (κ3) is 9.82. The summed E-state index contributed by atoms with van der Waals surface area (Å²) in [5.74, 6) is -7.82. The molecule has 12 nitrogen and oxygen atoms in total. The number of ether oxygens (including phenoxy) is 1. The molecule has 0 saturated heterocycles. The normalized spacial score (nSPS) is 11.3. The van der Waals surface area contributed by atoms with Crippen LogP contribution >= 0.6 is 0 Å². The van der Waals surface area contributed by atoms with Gasteiger partial charge in [0.15, 0.2) is 5.69 Å². The van der Waals surface area contributed by atoms with Crippen molar-refractivity contribution >= 4 is 42.3 Å². The monoisotopic (exact) mass is 566 g/mol. The van der Waals surface area contributed by atoms with Crippen molar-refractivity contribution in [1.82, 2.24) is 24.9 Å². The Balaban J connectivity index is 0.00000560. The van der Waals surface area contributed by atoms with E-state index in [1.807, 2.05) is 5.32 Å². The molecule has 0 spiro atoms. The Kier molecular flexibility index (Phi) is 10.6. The number of hydrogen-bond donors (Lipinski definition) is 3. The standard InChI is InChI=1S/C22H19F5N6O6.Li.H/c23-21(24,5-7-32-6-4-14(9-17(32)34)29-19(36)20(37)38)12-33-11-16(30-31-33)18(35)28-10-13-2-1-3-15(8-13)39-22(25,26)27;;/h1-4,6,8-9,11H,5,7,10,12H2,(H,28,35)(H,29,36)(H,37,38);;. The van der Waals surface area contributed by atoms with Gasteiger partial charge in [-0.3, -0.25) is 14.4 Å². The van der Waals surface area contributed by atoms with Crippen LogP contribution in [0.2, 0.25) is 0 Å². The fraction of sp³-hybridized carbons (Fsp3) is 0.273. The zero-order valence-electron chi connectivity index (χ0n) is 19.6. The van der Waals surface area contributed by atoms with Crippen molar-refractivity contribution in [2.75, 3.05) is 5.32 Å². The summed E-state index contributed by atoms with van der Waals surface area (Å²) in [6.45, 7) is -1.62. The molecule has 0 aliphatic carbocycles. The second kappa shape index (κ2) is 13.2. The van der Waals surface area contributed by atoms with Crippen molar-refractivity contribution in [2.24, 2.45) is 0 Å². The second-order valence-electron chi connectivity index (χ2n) is 7.99. The number of amides is 2. The van der Waals surface area contributed by atoms with Gasteiger partial charge in [0.25, 0.3) is 17.4 Å². The summed E-state index contributed by atoms with van der Waals surface area (Å²) in [4.78, 5) is 46.0. The Morgan fingerprint density at radius 1 is 1.07 bits per heavy atom. The van der Waals surface area contributed by atoms with Gasteiger partial charge in [0, 0.05) is 37.5 Å². The number of aryl methyl sites for hydroxylation is 1. The molecule has 0 radical (unpaired) electrons. The zero-order valence-corrected chi connectivity index (χ0v) is 19.6. The maximum absolute atomic E-state index is 14.5. The molecule has 40 heavy (non-hydrogen) atoms. The van der Waals surface area contributed by atoms with Crippen LogP contribution in [0.1, 0.15) is 22.5 Å². The van der Waals surface area contributed by atoms with E-state index in [0.717, 1.165) is 39.8 Å². The van der Waals surface area contributed by atoms with Gasteiger partial charge in [0.2, 0.25) is 0 Å². The number of nitrogens with one attached hydrogen (secondary N) is 2. The minimum atomic E-state index is -4.88. The molecular weight excluding hydrogens is 546 g/mol. The van der Waals surface area contributed by atoms with Gasteiger partial charge < -0.3 is 25.0 Å². The summed E-state index contributed by atoms with van der Waals surface area (Å²) in [5.41, 5.74) is -0.921. The third-order valence-electron chi connectivity index (χ3n) is 4.92. The van der Waals surface area contributed by atoms with E-state index in [2.05, 4.69) is 20.4 Å². The molecule has 3 aromatic rings. The van der Waals surface area contributed by atoms with Crippen LogP contribution in [0.15, 0.2) is 53.6 Å². The molecule has 3 rings (SSSR count). The van der Waals surface area contributed by atoms with Crippen LogP contribution in [-0.4, -0.2) is 73.6 Å². The van der Waals surface area contributed by atoms with Gasteiger partial charge in [-0.1, -0.05) is 17.3 Å². The molecule has 0 unspecified atom stereocenters. The Morgan fingerprint density at radius 2 is 1.80 bits per heavy atom. The SMILES string of the molecule is O=C(O)C(=O)Nc1ccn(CCC(F)(F)Cn2cc(C(=O)NCc3cccc(OC(F)(F)F)c3)nn2)c(=O)c1.[LiH]. The fourth-order valence-corrected chi connectivity index (χ4v) is 3.16. The quantitative estimate of drug-likeness (QED) is 0.189. The zero-order chi connectivity index (χ0) is 28.8. The van der Waals surface area contributed by atoms with Crippen LogP contribution in [0.3, 0.4) is 0 Å². The average Bonchev–Trinajstić information content (AvgIpc) is 3.29. The first-order chi connectivity index (χ1) is 18.2. The molecule has 0 saturated carbocycles. The van der Waals surface area contributed by atoms with Crippen LogP contribution < -0.4 is 20.9 Å². The molecule has 2 heterocycles. The topological polar surface area (TPSA) is 157 Å². The van der Waals surface area contributed by atoms with E-state index in [4.69, 9.17) is 5.11 Å². The van der Waals surface area contributed by atoms with Crippen molar-refractivity contribution in [3.63, 3.8) is 0 Å². The summed E-state index contributed by atoms with van der Waals surface area (Å²) in [5, 5.41) is 19.9. The van der Waals surface area contributed by atoms with E-state index in [-0.39, 0.29) is 42.4 Å². The molecule has 0 aliphatic heterocycles. The molecule has 0 atom stereocenters. The van der Waals surface area contributed by atoms with Crippen LogP contribution in [-0.2, 0) is 29.2 Å². The Labute approximate surface area is 233 Å². The Hall–Kier alpha value is -4.23. The number of alkyl halides is 5. The van der Waals surface area contributed by atoms with Crippen molar-refractivity contribution in [3.8, 4) is 5.75 Å². The first-order valence-electron chi connectivity index (χ1n) is 10.9. The van der Waals surface area contributed by atoms with Crippen molar-refractivity contribution < 1.29 is 46.2 Å². The van der Waals surface area contributed by atoms with Crippen LogP contribution in [0.25, 0.3) is 0 Å². The summed E-state index contributed by atoms with van der Waals surface area (Å²) >= 11 is 0. The van der Waals surface area contributed by atoms with Crippen LogP contribution in [0.5, 0.6) is 5.75 Å². The van der Waals surface area contributed by atoms with Crippen LogP contribution in [0.4, 0.5) is 27.6 Å². The van der Waals surface area contributed by atoms with Crippen molar-refractivity contribution in [2.45, 2.75) is 38.3 Å². The molecule has 1 aromatic carbocycles. The number of carboxylic acid groups (broad SMARTS) is 1. The number of pyridine rings is 1. The molecule has 18 heteroatoms. The minimum absolute atomic E-state index is 0. The van der Waals surface area contributed by atoms with E-state index >= 15 is 0 Å². The molecule has 210 valence electrons. The average molecular weight is 566 g/mol. The molecule has 3 N–H and O–H groups in total. The number of carbonyl (C=O) groups excluding carboxylic acids is 2. The second-order valence-corrected chi connectivity index (χ2v) is 7.99.